The van der Waals surface area contributed by atoms with Crippen molar-refractivity contribution < 1.29 is 13.2 Å². The largest absolute Gasteiger partial charge is 0.296 e. The molecule has 0 unspecified atom stereocenters. The predicted octanol–water partition coefficient (Wildman–Crippen LogP) is 4.06. The maximum atomic E-state index is 12.4. The van der Waals surface area contributed by atoms with Crippen LogP contribution in [-0.4, -0.2) is 30.8 Å². The van der Waals surface area contributed by atoms with Gasteiger partial charge in [-0.3, -0.25) is 14.8 Å². The van der Waals surface area contributed by atoms with Crippen molar-refractivity contribution in [2.75, 3.05) is 16.3 Å². The molecule has 7 nitrogen and oxygen atoms in total. The van der Waals surface area contributed by atoms with Gasteiger partial charge in [-0.2, -0.15) is 0 Å². The van der Waals surface area contributed by atoms with Gasteiger partial charge < -0.3 is 0 Å². The fraction of sp³-hybridized carbons (Fsp3) is 0.500. The van der Waals surface area contributed by atoms with Crippen LogP contribution < -0.4 is 10.0 Å². The first-order valence-electron chi connectivity index (χ1n) is 9.09. The van der Waals surface area contributed by atoms with Gasteiger partial charge in [0, 0.05) is 17.7 Å². The Bertz CT molecular complexity index is 850. The second-order valence-corrected chi connectivity index (χ2v) is 9.24. The summed E-state index contributed by atoms with van der Waals surface area (Å²) in [6.07, 6.45) is 9.24. The van der Waals surface area contributed by atoms with Gasteiger partial charge in [0.15, 0.2) is 0 Å². The van der Waals surface area contributed by atoms with E-state index in [4.69, 9.17) is 0 Å². The normalized spacial score (nSPS) is 11.3. The SMILES string of the molecule is CCCCCCCCc1nnc(NC(=O)c2cccc(NS(C)(=O)=O)c2)s1. The number of nitrogens with one attached hydrogen (secondary N) is 2. The van der Waals surface area contributed by atoms with Crippen molar-refractivity contribution in [3.8, 4) is 0 Å². The smallest absolute Gasteiger partial charge is 0.257 e. The Hall–Kier alpha value is -2.00. The predicted molar refractivity (Wildman–Crippen MR) is 110 cm³/mol. The van der Waals surface area contributed by atoms with Crippen molar-refractivity contribution in [3.63, 3.8) is 0 Å². The molecule has 1 aromatic carbocycles. The number of unbranched alkanes of at least 4 members (excludes halogenated alkanes) is 5. The molecule has 0 spiro atoms. The van der Waals surface area contributed by atoms with Gasteiger partial charge in [-0.15, -0.1) is 10.2 Å². The van der Waals surface area contributed by atoms with Crippen LogP contribution in [0.5, 0.6) is 0 Å². The topological polar surface area (TPSA) is 101 Å². The van der Waals surface area contributed by atoms with Crippen molar-refractivity contribution in [3.05, 3.63) is 34.8 Å². The minimum atomic E-state index is -3.39. The summed E-state index contributed by atoms with van der Waals surface area (Å²) in [4.78, 5) is 12.4. The van der Waals surface area contributed by atoms with E-state index in [1.807, 2.05) is 0 Å². The fourth-order valence-corrected chi connectivity index (χ4v) is 3.90. The number of hydrogen-bond acceptors (Lipinski definition) is 6. The summed E-state index contributed by atoms with van der Waals surface area (Å²) in [7, 11) is -3.39. The number of aryl methyl sites for hydroxylation is 1. The first-order valence-corrected chi connectivity index (χ1v) is 11.8. The molecule has 0 aliphatic heterocycles. The summed E-state index contributed by atoms with van der Waals surface area (Å²) in [5.41, 5.74) is 0.683. The van der Waals surface area contributed by atoms with Crippen molar-refractivity contribution in [2.45, 2.75) is 51.9 Å². The number of carbonyl (C=O) groups is 1. The first kappa shape index (κ1) is 21.3. The Labute approximate surface area is 164 Å². The minimum Gasteiger partial charge on any atom is -0.296 e. The van der Waals surface area contributed by atoms with Gasteiger partial charge in [0.2, 0.25) is 15.2 Å². The summed E-state index contributed by atoms with van der Waals surface area (Å²) in [5.74, 6) is -0.352. The number of anilines is 2. The van der Waals surface area contributed by atoms with Gasteiger partial charge in [-0.05, 0) is 24.6 Å². The zero-order chi connectivity index (χ0) is 19.7. The van der Waals surface area contributed by atoms with Gasteiger partial charge in [0.1, 0.15) is 5.01 Å². The second-order valence-electron chi connectivity index (χ2n) is 6.43. The number of aromatic nitrogens is 2. The van der Waals surface area contributed by atoms with Crippen molar-refractivity contribution in [1.82, 2.24) is 10.2 Å². The maximum Gasteiger partial charge on any atom is 0.257 e. The summed E-state index contributed by atoms with van der Waals surface area (Å²) < 4.78 is 25.0. The van der Waals surface area contributed by atoms with Gasteiger partial charge in [0.05, 0.1) is 6.26 Å². The fourth-order valence-electron chi connectivity index (χ4n) is 2.57. The average molecular weight is 411 g/mol. The molecule has 0 aliphatic carbocycles. The minimum absolute atomic E-state index is 0.339. The van der Waals surface area contributed by atoms with Crippen LogP contribution in [0.15, 0.2) is 24.3 Å². The molecule has 0 bridgehead atoms. The Morgan fingerprint density at radius 2 is 1.85 bits per heavy atom. The third kappa shape index (κ3) is 8.04. The molecule has 0 fully saturated rings. The molecule has 2 rings (SSSR count). The lowest BCUT2D eigenvalue weighted by Crippen LogP contribution is -2.13. The highest BCUT2D eigenvalue weighted by molar-refractivity contribution is 7.92. The maximum absolute atomic E-state index is 12.4. The van der Waals surface area contributed by atoms with E-state index in [1.165, 1.54) is 49.5 Å². The molecule has 0 radical (unpaired) electrons. The molecule has 9 heteroatoms. The van der Waals surface area contributed by atoms with Gasteiger partial charge in [0.25, 0.3) is 5.91 Å². The summed E-state index contributed by atoms with van der Waals surface area (Å²) >= 11 is 1.37. The van der Waals surface area contributed by atoms with Crippen LogP contribution in [0.25, 0.3) is 0 Å². The molecule has 0 atom stereocenters. The lowest BCUT2D eigenvalue weighted by Gasteiger charge is -2.06. The molecule has 0 saturated carbocycles. The standard InChI is InChI=1S/C18H26N4O3S2/c1-3-4-5-6-7-8-12-16-20-21-18(26-16)19-17(23)14-10-9-11-15(13-14)22-27(2,24)25/h9-11,13,22H,3-8,12H2,1-2H3,(H,19,21,23). The zero-order valence-corrected chi connectivity index (χ0v) is 17.3. The van der Waals surface area contributed by atoms with E-state index in [2.05, 4.69) is 27.2 Å². The van der Waals surface area contributed by atoms with Crippen molar-refractivity contribution >= 4 is 38.1 Å². The first-order chi connectivity index (χ1) is 12.9. The van der Waals surface area contributed by atoms with Gasteiger partial charge >= 0.3 is 0 Å². The monoisotopic (exact) mass is 410 g/mol. The number of benzene rings is 1. The zero-order valence-electron chi connectivity index (χ0n) is 15.7. The molecule has 1 heterocycles. The average Bonchev–Trinajstić information content (AvgIpc) is 3.04. The molecule has 0 aliphatic rings. The van der Waals surface area contributed by atoms with Crippen LogP contribution in [0.4, 0.5) is 10.8 Å². The summed E-state index contributed by atoms with van der Waals surface area (Å²) in [6, 6.07) is 6.30. The number of nitrogens with zero attached hydrogens (tertiary/aromatic N) is 2. The highest BCUT2D eigenvalue weighted by atomic mass is 32.2. The van der Waals surface area contributed by atoms with Crippen LogP contribution in [0, 0.1) is 0 Å². The van der Waals surface area contributed by atoms with E-state index in [1.54, 1.807) is 18.2 Å². The quantitative estimate of drug-likeness (QED) is 0.544. The Balaban J connectivity index is 1.86. The van der Waals surface area contributed by atoms with E-state index >= 15 is 0 Å². The van der Waals surface area contributed by atoms with Crippen LogP contribution in [0.1, 0.15) is 60.8 Å². The van der Waals surface area contributed by atoms with Gasteiger partial charge in [-0.25, -0.2) is 8.42 Å². The van der Waals surface area contributed by atoms with Crippen molar-refractivity contribution in [2.24, 2.45) is 0 Å². The number of rotatable bonds is 11. The lowest BCUT2D eigenvalue weighted by atomic mass is 10.1. The Kier molecular flexibility index (Phi) is 8.18. The molecular formula is C18H26N4O3S2. The van der Waals surface area contributed by atoms with Crippen LogP contribution >= 0.6 is 11.3 Å². The molecule has 2 aromatic rings. The Morgan fingerprint density at radius 1 is 1.11 bits per heavy atom. The molecule has 0 saturated heterocycles. The third-order valence-corrected chi connectivity index (χ3v) is 5.36. The van der Waals surface area contributed by atoms with E-state index in [9.17, 15) is 13.2 Å². The molecule has 1 aromatic heterocycles. The van der Waals surface area contributed by atoms with Gasteiger partial charge in [-0.1, -0.05) is 56.4 Å². The molecular weight excluding hydrogens is 384 g/mol. The van der Waals surface area contributed by atoms with Crippen LogP contribution in [0.2, 0.25) is 0 Å². The van der Waals surface area contributed by atoms with Crippen LogP contribution in [0.3, 0.4) is 0 Å². The number of carbonyl (C=O) groups excluding carboxylic acids is 1. The highest BCUT2D eigenvalue weighted by Crippen LogP contribution is 2.20. The van der Waals surface area contributed by atoms with Crippen molar-refractivity contribution in [1.29, 1.82) is 0 Å². The van der Waals surface area contributed by atoms with Crippen LogP contribution in [-0.2, 0) is 16.4 Å². The van der Waals surface area contributed by atoms with E-state index in [-0.39, 0.29) is 5.91 Å². The molecule has 148 valence electrons. The summed E-state index contributed by atoms with van der Waals surface area (Å²) in [5, 5.41) is 12.2. The lowest BCUT2D eigenvalue weighted by molar-refractivity contribution is 0.102. The summed E-state index contributed by atoms with van der Waals surface area (Å²) in [6.45, 7) is 2.20. The Morgan fingerprint density at radius 3 is 2.59 bits per heavy atom. The number of sulfonamides is 1. The highest BCUT2D eigenvalue weighted by Gasteiger charge is 2.12. The molecule has 27 heavy (non-hydrogen) atoms. The molecule has 2 N–H and O–H groups in total. The van der Waals surface area contributed by atoms with E-state index < -0.39 is 10.0 Å². The number of amides is 1. The van der Waals surface area contributed by atoms with E-state index in [0.29, 0.717) is 16.4 Å². The van der Waals surface area contributed by atoms with E-state index in [0.717, 1.165) is 24.1 Å². The number of hydrogen-bond donors (Lipinski definition) is 2. The second kappa shape index (κ2) is 10.4. The molecule has 1 amide bonds. The third-order valence-electron chi connectivity index (χ3n) is 3.86.